The second kappa shape index (κ2) is 5.14. The molecule has 3 aromatic rings. The number of carbonyl (C=O) groups excluding carboxylic acids is 1. The number of aromatic nitrogens is 2. The van der Waals surface area contributed by atoms with E-state index in [1.54, 1.807) is 24.5 Å². The molecule has 1 aliphatic rings. The number of H-pyrrole nitrogens is 1. The van der Waals surface area contributed by atoms with E-state index in [9.17, 15) is 4.79 Å². The molecule has 0 saturated heterocycles. The largest absolute Gasteiger partial charge is 0.358 e. The van der Waals surface area contributed by atoms with Crippen LogP contribution in [0.4, 0.5) is 0 Å². The van der Waals surface area contributed by atoms with E-state index < -0.39 is 0 Å². The van der Waals surface area contributed by atoms with E-state index in [1.807, 2.05) is 23.1 Å². The summed E-state index contributed by atoms with van der Waals surface area (Å²) in [5.41, 5.74) is 4.13. The fourth-order valence-electron chi connectivity index (χ4n) is 3.04. The Morgan fingerprint density at radius 2 is 2.05 bits per heavy atom. The van der Waals surface area contributed by atoms with Crippen LogP contribution in [0.25, 0.3) is 10.9 Å². The highest BCUT2D eigenvalue weighted by atomic mass is 35.5. The predicted molar refractivity (Wildman–Crippen MR) is 86.0 cm³/mol. The minimum Gasteiger partial charge on any atom is -0.358 e. The third-order valence-corrected chi connectivity index (χ3v) is 4.39. The van der Waals surface area contributed by atoms with Gasteiger partial charge in [0.15, 0.2) is 0 Å². The molecular formula is C17H14ClN3O. The van der Waals surface area contributed by atoms with E-state index in [0.717, 1.165) is 17.3 Å². The van der Waals surface area contributed by atoms with Crippen molar-refractivity contribution in [3.8, 4) is 0 Å². The zero-order chi connectivity index (χ0) is 15.1. The van der Waals surface area contributed by atoms with Crippen LogP contribution in [0.1, 0.15) is 21.6 Å². The number of benzene rings is 1. The molecule has 0 aliphatic carbocycles. The first-order valence-corrected chi connectivity index (χ1v) is 7.58. The Kier molecular flexibility index (Phi) is 3.12. The zero-order valence-corrected chi connectivity index (χ0v) is 12.6. The zero-order valence-electron chi connectivity index (χ0n) is 11.8. The van der Waals surface area contributed by atoms with E-state index in [2.05, 4.69) is 9.97 Å². The van der Waals surface area contributed by atoms with Crippen molar-refractivity contribution >= 4 is 28.4 Å². The molecule has 0 spiro atoms. The fourth-order valence-corrected chi connectivity index (χ4v) is 3.21. The van der Waals surface area contributed by atoms with Gasteiger partial charge in [-0.05, 0) is 30.3 Å². The minimum atomic E-state index is 0.0458. The predicted octanol–water partition coefficient (Wildman–Crippen LogP) is 3.41. The van der Waals surface area contributed by atoms with E-state index in [1.165, 1.54) is 11.3 Å². The topological polar surface area (TPSA) is 49.0 Å². The van der Waals surface area contributed by atoms with Gasteiger partial charge >= 0.3 is 0 Å². The van der Waals surface area contributed by atoms with Gasteiger partial charge in [0, 0.05) is 64.7 Å². The summed E-state index contributed by atoms with van der Waals surface area (Å²) in [5.74, 6) is 0.0458. The maximum atomic E-state index is 12.6. The maximum Gasteiger partial charge on any atom is 0.254 e. The molecule has 0 radical (unpaired) electrons. The smallest absolute Gasteiger partial charge is 0.254 e. The Balaban J connectivity index is 1.70. The van der Waals surface area contributed by atoms with E-state index >= 15 is 0 Å². The van der Waals surface area contributed by atoms with Gasteiger partial charge in [0.2, 0.25) is 0 Å². The molecule has 5 heteroatoms. The van der Waals surface area contributed by atoms with Gasteiger partial charge in [-0.15, -0.1) is 0 Å². The highest BCUT2D eigenvalue weighted by Crippen LogP contribution is 2.30. The number of amides is 1. The molecule has 0 saturated carbocycles. The van der Waals surface area contributed by atoms with Crippen LogP contribution in [-0.4, -0.2) is 27.3 Å². The van der Waals surface area contributed by atoms with Crippen LogP contribution >= 0.6 is 11.6 Å². The van der Waals surface area contributed by atoms with Crippen molar-refractivity contribution in [1.82, 2.24) is 14.9 Å². The van der Waals surface area contributed by atoms with Gasteiger partial charge < -0.3 is 9.88 Å². The van der Waals surface area contributed by atoms with Gasteiger partial charge in [-0.3, -0.25) is 9.78 Å². The second-order valence-corrected chi connectivity index (χ2v) is 5.92. The first kappa shape index (κ1) is 13.3. The summed E-state index contributed by atoms with van der Waals surface area (Å²) in [4.78, 5) is 21.9. The number of rotatable bonds is 1. The number of fused-ring (bicyclic) bond motifs is 3. The van der Waals surface area contributed by atoms with E-state index in [4.69, 9.17) is 11.6 Å². The molecule has 0 bridgehead atoms. The quantitative estimate of drug-likeness (QED) is 0.748. The lowest BCUT2D eigenvalue weighted by molar-refractivity contribution is 0.0735. The Morgan fingerprint density at radius 1 is 1.23 bits per heavy atom. The Hall–Kier alpha value is -2.33. The van der Waals surface area contributed by atoms with Crippen molar-refractivity contribution in [2.75, 3.05) is 6.54 Å². The summed E-state index contributed by atoms with van der Waals surface area (Å²) < 4.78 is 0. The fraction of sp³-hybridized carbons (Fsp3) is 0.176. The molecule has 110 valence electrons. The van der Waals surface area contributed by atoms with Crippen molar-refractivity contribution in [1.29, 1.82) is 0 Å². The molecule has 1 amide bonds. The van der Waals surface area contributed by atoms with Crippen LogP contribution < -0.4 is 0 Å². The molecule has 0 unspecified atom stereocenters. The standard InChI is InChI=1S/C17H14ClN3O/c18-12-1-2-15-13(9-12)14-10-21(8-5-16(14)20-15)17(22)11-3-6-19-7-4-11/h1-4,6-7,9,20H,5,8,10H2. The summed E-state index contributed by atoms with van der Waals surface area (Å²) >= 11 is 6.11. The van der Waals surface area contributed by atoms with Crippen LogP contribution in [0.3, 0.4) is 0 Å². The first-order chi connectivity index (χ1) is 10.7. The van der Waals surface area contributed by atoms with Crippen molar-refractivity contribution in [3.63, 3.8) is 0 Å². The second-order valence-electron chi connectivity index (χ2n) is 5.48. The van der Waals surface area contributed by atoms with Gasteiger partial charge in [-0.25, -0.2) is 0 Å². The van der Waals surface area contributed by atoms with Gasteiger partial charge in [0.05, 0.1) is 0 Å². The van der Waals surface area contributed by atoms with Gasteiger partial charge in [-0.2, -0.15) is 0 Å². The number of nitrogens with one attached hydrogen (secondary N) is 1. The molecule has 0 atom stereocenters. The molecule has 1 N–H and O–H groups in total. The normalized spacial score (nSPS) is 14.1. The van der Waals surface area contributed by atoms with E-state index in [0.29, 0.717) is 23.7 Å². The minimum absolute atomic E-state index is 0.0458. The summed E-state index contributed by atoms with van der Waals surface area (Å²) in [5, 5.41) is 1.82. The molecule has 1 aromatic carbocycles. The van der Waals surface area contributed by atoms with Crippen LogP contribution in [-0.2, 0) is 13.0 Å². The molecule has 1 aliphatic heterocycles. The number of aromatic amines is 1. The Morgan fingerprint density at radius 3 is 2.86 bits per heavy atom. The lowest BCUT2D eigenvalue weighted by atomic mass is 10.0. The molecule has 4 rings (SSSR count). The van der Waals surface area contributed by atoms with Crippen LogP contribution in [0.2, 0.25) is 5.02 Å². The molecule has 0 fully saturated rings. The Labute approximate surface area is 132 Å². The molecule has 22 heavy (non-hydrogen) atoms. The molecular weight excluding hydrogens is 298 g/mol. The number of carbonyl (C=O) groups is 1. The highest BCUT2D eigenvalue weighted by Gasteiger charge is 2.24. The Bertz CT molecular complexity index is 857. The molecule has 3 heterocycles. The average Bonchev–Trinajstić information content (AvgIpc) is 2.92. The van der Waals surface area contributed by atoms with Gasteiger partial charge in [-0.1, -0.05) is 11.6 Å². The van der Waals surface area contributed by atoms with Crippen LogP contribution in [0.15, 0.2) is 42.7 Å². The van der Waals surface area contributed by atoms with Crippen molar-refractivity contribution in [3.05, 3.63) is 64.6 Å². The third kappa shape index (κ3) is 2.16. The highest BCUT2D eigenvalue weighted by molar-refractivity contribution is 6.31. The third-order valence-electron chi connectivity index (χ3n) is 4.15. The molecule has 4 nitrogen and oxygen atoms in total. The van der Waals surface area contributed by atoms with E-state index in [-0.39, 0.29) is 5.91 Å². The van der Waals surface area contributed by atoms with Crippen LogP contribution in [0.5, 0.6) is 0 Å². The SMILES string of the molecule is O=C(c1ccncc1)N1CCc2[nH]c3ccc(Cl)cc3c2C1. The van der Waals surface area contributed by atoms with Crippen molar-refractivity contribution in [2.45, 2.75) is 13.0 Å². The monoisotopic (exact) mass is 311 g/mol. The number of hydrogen-bond acceptors (Lipinski definition) is 2. The molecule has 2 aromatic heterocycles. The average molecular weight is 312 g/mol. The number of pyridine rings is 1. The lowest BCUT2D eigenvalue weighted by Crippen LogP contribution is -2.35. The summed E-state index contributed by atoms with van der Waals surface area (Å²) in [6, 6.07) is 9.34. The number of hydrogen-bond donors (Lipinski definition) is 1. The summed E-state index contributed by atoms with van der Waals surface area (Å²) in [6.45, 7) is 1.32. The summed E-state index contributed by atoms with van der Waals surface area (Å²) in [7, 11) is 0. The number of halogens is 1. The van der Waals surface area contributed by atoms with Gasteiger partial charge in [0.25, 0.3) is 5.91 Å². The summed E-state index contributed by atoms with van der Waals surface area (Å²) in [6.07, 6.45) is 4.13. The maximum absolute atomic E-state index is 12.6. The number of nitrogens with zero attached hydrogens (tertiary/aromatic N) is 2. The van der Waals surface area contributed by atoms with Crippen molar-refractivity contribution in [2.24, 2.45) is 0 Å². The van der Waals surface area contributed by atoms with Crippen LogP contribution in [0, 0.1) is 0 Å². The van der Waals surface area contributed by atoms with Gasteiger partial charge in [0.1, 0.15) is 0 Å². The first-order valence-electron chi connectivity index (χ1n) is 7.20. The lowest BCUT2D eigenvalue weighted by Gasteiger charge is -2.27. The van der Waals surface area contributed by atoms with Crippen molar-refractivity contribution < 1.29 is 4.79 Å².